The number of halogens is 2. The zero-order valence-electron chi connectivity index (χ0n) is 11.9. The lowest BCUT2D eigenvalue weighted by molar-refractivity contribution is 0.0731. The van der Waals surface area contributed by atoms with E-state index in [9.17, 15) is 18.4 Å². The molecule has 0 unspecified atom stereocenters. The first-order valence-electron chi connectivity index (χ1n) is 6.84. The van der Waals surface area contributed by atoms with Crippen molar-refractivity contribution in [3.8, 4) is 0 Å². The second kappa shape index (κ2) is 5.71. The summed E-state index contributed by atoms with van der Waals surface area (Å²) in [6, 6.07) is 3.00. The van der Waals surface area contributed by atoms with Gasteiger partial charge in [-0.3, -0.25) is 9.59 Å². The van der Waals surface area contributed by atoms with Crippen LogP contribution in [0.2, 0.25) is 0 Å². The molecule has 0 saturated carbocycles. The van der Waals surface area contributed by atoms with Gasteiger partial charge >= 0.3 is 0 Å². The minimum absolute atomic E-state index is 0.0523. The largest absolute Gasteiger partial charge is 0.363 e. The Morgan fingerprint density at radius 2 is 2.00 bits per heavy atom. The molecule has 3 rings (SSSR count). The predicted octanol–water partition coefficient (Wildman–Crippen LogP) is 1.05. The maximum absolute atomic E-state index is 13.3. The summed E-state index contributed by atoms with van der Waals surface area (Å²) in [7, 11) is 0. The van der Waals surface area contributed by atoms with Gasteiger partial charge in [-0.2, -0.15) is 0 Å². The average Bonchev–Trinajstić information content (AvgIpc) is 2.55. The topological polar surface area (TPSA) is 89.2 Å². The number of amides is 2. The van der Waals surface area contributed by atoms with Crippen LogP contribution in [0.4, 0.5) is 8.78 Å². The molecule has 23 heavy (non-hydrogen) atoms. The molecule has 0 spiro atoms. The van der Waals surface area contributed by atoms with Crippen molar-refractivity contribution >= 4 is 11.8 Å². The van der Waals surface area contributed by atoms with Crippen molar-refractivity contribution in [2.45, 2.75) is 13.0 Å². The summed E-state index contributed by atoms with van der Waals surface area (Å²) >= 11 is 0. The molecular weight excluding hydrogens is 306 g/mol. The van der Waals surface area contributed by atoms with Crippen molar-refractivity contribution in [2.75, 3.05) is 6.54 Å². The summed E-state index contributed by atoms with van der Waals surface area (Å²) in [6.45, 7) is 0.542. The SMILES string of the molecule is NC(=O)c1ncc2c(n1)CN(C(=O)c1ccc(F)c(F)c1)CC2. The van der Waals surface area contributed by atoms with Crippen LogP contribution in [0.25, 0.3) is 0 Å². The number of carbonyl (C=O) groups excluding carboxylic acids is 2. The van der Waals surface area contributed by atoms with Crippen LogP contribution in [0.5, 0.6) is 0 Å². The highest BCUT2D eigenvalue weighted by molar-refractivity contribution is 5.94. The number of nitrogens with two attached hydrogens (primary N) is 1. The van der Waals surface area contributed by atoms with E-state index in [1.165, 1.54) is 17.2 Å². The molecule has 8 heteroatoms. The summed E-state index contributed by atoms with van der Waals surface area (Å²) < 4.78 is 26.2. The number of rotatable bonds is 2. The van der Waals surface area contributed by atoms with Crippen LogP contribution in [0.3, 0.4) is 0 Å². The van der Waals surface area contributed by atoms with Gasteiger partial charge in [-0.05, 0) is 30.2 Å². The molecule has 2 amide bonds. The van der Waals surface area contributed by atoms with Crippen LogP contribution < -0.4 is 5.73 Å². The van der Waals surface area contributed by atoms with Crippen molar-refractivity contribution in [2.24, 2.45) is 5.73 Å². The molecule has 1 aliphatic heterocycles. The Balaban J connectivity index is 1.85. The molecule has 0 radical (unpaired) electrons. The van der Waals surface area contributed by atoms with Gasteiger partial charge in [-0.15, -0.1) is 0 Å². The lowest BCUT2D eigenvalue weighted by Crippen LogP contribution is -2.37. The minimum Gasteiger partial charge on any atom is -0.363 e. The van der Waals surface area contributed by atoms with Crippen molar-refractivity contribution in [1.82, 2.24) is 14.9 Å². The molecule has 2 aromatic rings. The molecule has 6 nitrogen and oxygen atoms in total. The van der Waals surface area contributed by atoms with Gasteiger partial charge < -0.3 is 10.6 Å². The second-order valence-corrected chi connectivity index (χ2v) is 5.14. The fourth-order valence-electron chi connectivity index (χ4n) is 2.41. The Bertz CT molecular complexity index is 810. The quantitative estimate of drug-likeness (QED) is 0.896. The highest BCUT2D eigenvalue weighted by Crippen LogP contribution is 2.19. The molecule has 1 aliphatic rings. The first-order chi connectivity index (χ1) is 11.0. The first kappa shape index (κ1) is 15.0. The van der Waals surface area contributed by atoms with Gasteiger partial charge in [-0.25, -0.2) is 18.7 Å². The molecule has 0 aliphatic carbocycles. The van der Waals surface area contributed by atoms with Gasteiger partial charge in [-0.1, -0.05) is 0 Å². The molecular formula is C15H12F2N4O2. The number of primary amides is 1. The second-order valence-electron chi connectivity index (χ2n) is 5.14. The molecule has 0 bridgehead atoms. The Morgan fingerprint density at radius 1 is 1.22 bits per heavy atom. The summed E-state index contributed by atoms with van der Waals surface area (Å²) in [4.78, 5) is 32.9. The summed E-state index contributed by atoms with van der Waals surface area (Å²) in [5.74, 6) is -3.40. The maximum atomic E-state index is 13.3. The van der Waals surface area contributed by atoms with E-state index in [2.05, 4.69) is 9.97 Å². The molecule has 2 N–H and O–H groups in total. The Hall–Kier alpha value is -2.90. The number of fused-ring (bicyclic) bond motifs is 1. The highest BCUT2D eigenvalue weighted by atomic mass is 19.2. The fourth-order valence-corrected chi connectivity index (χ4v) is 2.41. The van der Waals surface area contributed by atoms with E-state index in [0.29, 0.717) is 18.7 Å². The summed E-state index contributed by atoms with van der Waals surface area (Å²) in [5.41, 5.74) is 6.54. The van der Waals surface area contributed by atoms with E-state index in [0.717, 1.165) is 17.7 Å². The zero-order chi connectivity index (χ0) is 16.6. The van der Waals surface area contributed by atoms with Crippen molar-refractivity contribution < 1.29 is 18.4 Å². The number of benzene rings is 1. The van der Waals surface area contributed by atoms with Crippen molar-refractivity contribution in [3.63, 3.8) is 0 Å². The van der Waals surface area contributed by atoms with Crippen LogP contribution in [-0.4, -0.2) is 33.2 Å². The molecule has 0 fully saturated rings. The van der Waals surface area contributed by atoms with E-state index < -0.39 is 23.4 Å². The normalized spacial score (nSPS) is 13.6. The fraction of sp³-hybridized carbons (Fsp3) is 0.200. The van der Waals surface area contributed by atoms with Gasteiger partial charge in [0.25, 0.3) is 11.8 Å². The monoisotopic (exact) mass is 318 g/mol. The van der Waals surface area contributed by atoms with Crippen LogP contribution in [0, 0.1) is 11.6 Å². The van der Waals surface area contributed by atoms with Crippen molar-refractivity contribution in [1.29, 1.82) is 0 Å². The number of carbonyl (C=O) groups is 2. The van der Waals surface area contributed by atoms with Gasteiger partial charge in [0.2, 0.25) is 5.82 Å². The lowest BCUT2D eigenvalue weighted by Gasteiger charge is -2.28. The third-order valence-corrected chi connectivity index (χ3v) is 3.62. The number of aromatic nitrogens is 2. The van der Waals surface area contributed by atoms with E-state index in [1.54, 1.807) is 0 Å². The first-order valence-corrected chi connectivity index (χ1v) is 6.84. The standard InChI is InChI=1S/C15H12F2N4O2/c16-10-2-1-8(5-11(10)17)15(23)21-4-3-9-6-19-14(13(18)22)20-12(9)7-21/h1-2,5-6H,3-4,7H2,(H2,18,22). The van der Waals surface area contributed by atoms with Crippen LogP contribution in [0.15, 0.2) is 24.4 Å². The van der Waals surface area contributed by atoms with Gasteiger partial charge in [0.15, 0.2) is 11.6 Å². The Kier molecular flexibility index (Phi) is 3.73. The minimum atomic E-state index is -1.08. The van der Waals surface area contributed by atoms with E-state index in [1.807, 2.05) is 0 Å². The third kappa shape index (κ3) is 2.87. The van der Waals surface area contributed by atoms with Crippen molar-refractivity contribution in [3.05, 3.63) is 58.7 Å². The van der Waals surface area contributed by atoms with Gasteiger partial charge in [0, 0.05) is 18.3 Å². The molecule has 1 aromatic carbocycles. The van der Waals surface area contributed by atoms with Crippen LogP contribution in [-0.2, 0) is 13.0 Å². The molecule has 118 valence electrons. The Morgan fingerprint density at radius 3 is 2.70 bits per heavy atom. The van der Waals surface area contributed by atoms with E-state index in [-0.39, 0.29) is 17.9 Å². The van der Waals surface area contributed by atoms with Gasteiger partial charge in [0.05, 0.1) is 12.2 Å². The smallest absolute Gasteiger partial charge is 0.286 e. The van der Waals surface area contributed by atoms with Crippen LogP contribution in [0.1, 0.15) is 32.2 Å². The molecule has 0 atom stereocenters. The number of nitrogens with zero attached hydrogens (tertiary/aromatic N) is 3. The number of hydrogen-bond acceptors (Lipinski definition) is 4. The lowest BCUT2D eigenvalue weighted by atomic mass is 10.1. The average molecular weight is 318 g/mol. The predicted molar refractivity (Wildman–Crippen MR) is 75.4 cm³/mol. The zero-order valence-corrected chi connectivity index (χ0v) is 11.9. The summed E-state index contributed by atoms with van der Waals surface area (Å²) in [6.07, 6.45) is 2.02. The molecule has 0 saturated heterocycles. The molecule has 1 aromatic heterocycles. The van der Waals surface area contributed by atoms with Gasteiger partial charge in [0.1, 0.15) is 0 Å². The molecule has 2 heterocycles. The third-order valence-electron chi connectivity index (χ3n) is 3.62. The van der Waals surface area contributed by atoms with E-state index in [4.69, 9.17) is 5.73 Å². The maximum Gasteiger partial charge on any atom is 0.286 e. The highest BCUT2D eigenvalue weighted by Gasteiger charge is 2.24. The summed E-state index contributed by atoms with van der Waals surface area (Å²) in [5, 5.41) is 0. The Labute approximate surface area is 130 Å². The van der Waals surface area contributed by atoms with E-state index >= 15 is 0 Å². The number of hydrogen-bond donors (Lipinski definition) is 1. The van der Waals surface area contributed by atoms with Crippen LogP contribution >= 0.6 is 0 Å².